The molecule has 1 aromatic carbocycles. The van der Waals surface area contributed by atoms with Gasteiger partial charge in [-0.05, 0) is 25.1 Å². The smallest absolute Gasteiger partial charge is 0.120 e. The summed E-state index contributed by atoms with van der Waals surface area (Å²) < 4.78 is 5.39. The highest BCUT2D eigenvalue weighted by atomic mass is 32.2. The van der Waals surface area contributed by atoms with E-state index >= 15 is 0 Å². The first kappa shape index (κ1) is 11.0. The summed E-state index contributed by atoms with van der Waals surface area (Å²) >= 11 is 1.66. The fourth-order valence-corrected chi connectivity index (χ4v) is 1.78. The Morgan fingerprint density at radius 1 is 1.57 bits per heavy atom. The Balaban J connectivity index is 2.78. The minimum absolute atomic E-state index is 0.676. The molecule has 0 aliphatic carbocycles. The molecular weight excluding hydrogens is 194 g/mol. The minimum atomic E-state index is 0.676. The number of benzene rings is 1. The van der Waals surface area contributed by atoms with E-state index in [-0.39, 0.29) is 0 Å². The Kier molecular flexibility index (Phi) is 4.40. The first-order valence-corrected chi connectivity index (χ1v) is 5.52. The zero-order valence-corrected chi connectivity index (χ0v) is 9.14. The van der Waals surface area contributed by atoms with Gasteiger partial charge >= 0.3 is 0 Å². The molecule has 0 unspecified atom stereocenters. The highest BCUT2D eigenvalue weighted by molar-refractivity contribution is 7.99. The SMILES string of the molecule is C=CCSc1cc(OCC)ccc1N. The molecule has 0 radical (unpaired) electrons. The van der Waals surface area contributed by atoms with E-state index in [2.05, 4.69) is 6.58 Å². The molecule has 1 rings (SSSR count). The van der Waals surface area contributed by atoms with Crippen LogP contribution in [0.15, 0.2) is 35.7 Å². The number of nitrogen functional groups attached to an aromatic ring is 1. The molecule has 14 heavy (non-hydrogen) atoms. The van der Waals surface area contributed by atoms with Crippen molar-refractivity contribution < 1.29 is 4.74 Å². The van der Waals surface area contributed by atoms with Crippen LogP contribution in [0.25, 0.3) is 0 Å². The van der Waals surface area contributed by atoms with E-state index < -0.39 is 0 Å². The van der Waals surface area contributed by atoms with Crippen LogP contribution in [0.5, 0.6) is 5.75 Å². The molecule has 0 aromatic heterocycles. The fraction of sp³-hybridized carbons (Fsp3) is 0.273. The molecule has 2 N–H and O–H groups in total. The van der Waals surface area contributed by atoms with E-state index in [1.165, 1.54) is 0 Å². The second-order valence-electron chi connectivity index (χ2n) is 2.73. The third-order valence-electron chi connectivity index (χ3n) is 1.65. The Morgan fingerprint density at radius 2 is 2.36 bits per heavy atom. The van der Waals surface area contributed by atoms with Crippen molar-refractivity contribution in [2.24, 2.45) is 0 Å². The summed E-state index contributed by atoms with van der Waals surface area (Å²) in [7, 11) is 0. The fourth-order valence-electron chi connectivity index (χ4n) is 1.04. The second kappa shape index (κ2) is 5.60. The van der Waals surface area contributed by atoms with Crippen LogP contribution in [-0.2, 0) is 0 Å². The van der Waals surface area contributed by atoms with Gasteiger partial charge in [-0.15, -0.1) is 18.3 Å². The van der Waals surface area contributed by atoms with Crippen LogP contribution in [0.1, 0.15) is 6.92 Å². The predicted molar refractivity (Wildman–Crippen MR) is 62.9 cm³/mol. The number of ether oxygens (including phenoxy) is 1. The lowest BCUT2D eigenvalue weighted by Gasteiger charge is -2.07. The number of anilines is 1. The monoisotopic (exact) mass is 209 g/mol. The van der Waals surface area contributed by atoms with Crippen LogP contribution < -0.4 is 10.5 Å². The maximum atomic E-state index is 5.82. The van der Waals surface area contributed by atoms with Gasteiger partial charge < -0.3 is 10.5 Å². The van der Waals surface area contributed by atoms with Crippen molar-refractivity contribution in [3.05, 3.63) is 30.9 Å². The van der Waals surface area contributed by atoms with Crippen molar-refractivity contribution in [1.29, 1.82) is 0 Å². The Bertz CT molecular complexity index is 312. The molecule has 0 spiro atoms. The summed E-state index contributed by atoms with van der Waals surface area (Å²) in [5.41, 5.74) is 6.61. The van der Waals surface area contributed by atoms with Gasteiger partial charge in [0.1, 0.15) is 5.75 Å². The lowest BCUT2D eigenvalue weighted by molar-refractivity contribution is 0.339. The Morgan fingerprint density at radius 3 is 3.00 bits per heavy atom. The van der Waals surface area contributed by atoms with Gasteiger partial charge in [-0.1, -0.05) is 6.08 Å². The standard InChI is InChI=1S/C11H15NOS/c1-3-7-14-11-8-9(13-4-2)5-6-10(11)12/h3,5-6,8H,1,4,7,12H2,2H3. The maximum Gasteiger partial charge on any atom is 0.120 e. The summed E-state index contributed by atoms with van der Waals surface area (Å²) in [6.07, 6.45) is 1.86. The Labute approximate surface area is 89.1 Å². The molecule has 0 aliphatic rings. The van der Waals surface area contributed by atoms with Crippen molar-refractivity contribution in [2.75, 3.05) is 18.1 Å². The summed E-state index contributed by atoms with van der Waals surface area (Å²) in [5.74, 6) is 1.73. The molecule has 76 valence electrons. The molecule has 0 atom stereocenters. The molecule has 1 aromatic rings. The zero-order chi connectivity index (χ0) is 10.4. The first-order valence-electron chi connectivity index (χ1n) is 4.54. The quantitative estimate of drug-likeness (QED) is 0.460. The van der Waals surface area contributed by atoms with Crippen LogP contribution in [0.2, 0.25) is 0 Å². The lowest BCUT2D eigenvalue weighted by Crippen LogP contribution is -1.94. The molecule has 0 saturated heterocycles. The van der Waals surface area contributed by atoms with Gasteiger partial charge in [-0.25, -0.2) is 0 Å². The summed E-state index contributed by atoms with van der Waals surface area (Å²) in [4.78, 5) is 1.05. The average molecular weight is 209 g/mol. The van der Waals surface area contributed by atoms with E-state index in [9.17, 15) is 0 Å². The number of nitrogens with two attached hydrogens (primary N) is 1. The van der Waals surface area contributed by atoms with E-state index in [1.54, 1.807) is 11.8 Å². The second-order valence-corrected chi connectivity index (χ2v) is 3.79. The predicted octanol–water partition coefficient (Wildman–Crippen LogP) is 2.95. The zero-order valence-electron chi connectivity index (χ0n) is 8.32. The molecule has 0 saturated carbocycles. The topological polar surface area (TPSA) is 35.2 Å². The van der Waals surface area contributed by atoms with Crippen molar-refractivity contribution in [1.82, 2.24) is 0 Å². The summed E-state index contributed by atoms with van der Waals surface area (Å²) in [6.45, 7) is 6.31. The van der Waals surface area contributed by atoms with Gasteiger partial charge in [0.25, 0.3) is 0 Å². The van der Waals surface area contributed by atoms with Crippen LogP contribution in [0, 0.1) is 0 Å². The highest BCUT2D eigenvalue weighted by Crippen LogP contribution is 2.29. The van der Waals surface area contributed by atoms with Gasteiger partial charge in [-0.3, -0.25) is 0 Å². The molecule has 3 heteroatoms. The van der Waals surface area contributed by atoms with Gasteiger partial charge in [0.2, 0.25) is 0 Å². The molecule has 2 nitrogen and oxygen atoms in total. The van der Waals surface area contributed by atoms with Crippen LogP contribution in [-0.4, -0.2) is 12.4 Å². The maximum absolute atomic E-state index is 5.82. The van der Waals surface area contributed by atoms with Crippen LogP contribution in [0.4, 0.5) is 5.69 Å². The number of thioether (sulfide) groups is 1. The summed E-state index contributed by atoms with van der Waals surface area (Å²) in [5, 5.41) is 0. The Hall–Kier alpha value is -1.09. The average Bonchev–Trinajstić information content (AvgIpc) is 2.19. The van der Waals surface area contributed by atoms with Crippen LogP contribution in [0.3, 0.4) is 0 Å². The number of hydrogen-bond acceptors (Lipinski definition) is 3. The van der Waals surface area contributed by atoms with Gasteiger partial charge in [0, 0.05) is 16.3 Å². The largest absolute Gasteiger partial charge is 0.494 e. The van der Waals surface area contributed by atoms with Crippen molar-refractivity contribution in [3.63, 3.8) is 0 Å². The van der Waals surface area contributed by atoms with Crippen molar-refractivity contribution in [2.45, 2.75) is 11.8 Å². The normalized spacial score (nSPS) is 9.79. The van der Waals surface area contributed by atoms with E-state index in [0.29, 0.717) is 6.61 Å². The van der Waals surface area contributed by atoms with Crippen molar-refractivity contribution >= 4 is 17.4 Å². The van der Waals surface area contributed by atoms with Crippen molar-refractivity contribution in [3.8, 4) is 5.75 Å². The molecular formula is C11H15NOS. The van der Waals surface area contributed by atoms with Crippen LogP contribution >= 0.6 is 11.8 Å². The lowest BCUT2D eigenvalue weighted by atomic mass is 10.3. The third kappa shape index (κ3) is 3.00. The molecule has 0 bridgehead atoms. The molecule has 0 heterocycles. The van der Waals surface area contributed by atoms with E-state index in [1.807, 2.05) is 31.2 Å². The van der Waals surface area contributed by atoms with E-state index in [0.717, 1.165) is 22.1 Å². The van der Waals surface area contributed by atoms with Gasteiger partial charge in [-0.2, -0.15) is 0 Å². The third-order valence-corrected chi connectivity index (χ3v) is 2.72. The minimum Gasteiger partial charge on any atom is -0.494 e. The highest BCUT2D eigenvalue weighted by Gasteiger charge is 2.01. The molecule has 0 aliphatic heterocycles. The summed E-state index contributed by atoms with van der Waals surface area (Å²) in [6, 6.07) is 5.72. The van der Waals surface area contributed by atoms with E-state index in [4.69, 9.17) is 10.5 Å². The van der Waals surface area contributed by atoms with Gasteiger partial charge in [0.05, 0.1) is 6.61 Å². The van der Waals surface area contributed by atoms with Gasteiger partial charge in [0.15, 0.2) is 0 Å². The first-order chi connectivity index (χ1) is 6.77. The number of hydrogen-bond donors (Lipinski definition) is 1. The number of rotatable bonds is 5. The molecule has 0 amide bonds. The molecule has 0 fully saturated rings.